The molecule has 2 fully saturated rings. The highest BCUT2D eigenvalue weighted by molar-refractivity contribution is 6.76. The number of nitrogens with zero attached hydrogens (tertiary/aromatic N) is 6. The molecule has 1 amide bonds. The highest BCUT2D eigenvalue weighted by Gasteiger charge is 2.43. The van der Waals surface area contributed by atoms with E-state index in [9.17, 15) is 35.5 Å². The lowest BCUT2D eigenvalue weighted by Gasteiger charge is -2.44. The van der Waals surface area contributed by atoms with Gasteiger partial charge >= 0.3 is 18.3 Å². The Balaban J connectivity index is 1.43. The molecule has 1 saturated carbocycles. The first kappa shape index (κ1) is 41.4. The fourth-order valence-electron chi connectivity index (χ4n) is 7.38. The summed E-state index contributed by atoms with van der Waals surface area (Å²) in [6.45, 7) is 8.56. The van der Waals surface area contributed by atoms with Crippen LogP contribution < -0.4 is 9.80 Å². The van der Waals surface area contributed by atoms with Gasteiger partial charge in [0.25, 0.3) is 0 Å². The number of piperazine rings is 1. The van der Waals surface area contributed by atoms with E-state index < -0.39 is 37.7 Å². The molecule has 1 aliphatic heterocycles. The van der Waals surface area contributed by atoms with Crippen molar-refractivity contribution in [3.05, 3.63) is 59.9 Å². The van der Waals surface area contributed by atoms with Gasteiger partial charge in [0, 0.05) is 83.8 Å². The van der Waals surface area contributed by atoms with Crippen LogP contribution in [0.1, 0.15) is 24.8 Å². The first-order chi connectivity index (χ1) is 26.3. The van der Waals surface area contributed by atoms with Crippen molar-refractivity contribution < 1.29 is 45.0 Å². The van der Waals surface area contributed by atoms with E-state index in [1.807, 2.05) is 41.1 Å². The van der Waals surface area contributed by atoms with Crippen LogP contribution in [0.4, 0.5) is 42.1 Å². The number of imidazole rings is 1. The maximum atomic E-state index is 14.8. The summed E-state index contributed by atoms with van der Waals surface area (Å²) >= 11 is 0. The number of amides is 1. The molecule has 0 atom stereocenters. The molecule has 1 aliphatic carbocycles. The molecule has 0 unspecified atom stereocenters. The van der Waals surface area contributed by atoms with E-state index in [-0.39, 0.29) is 49.6 Å². The van der Waals surface area contributed by atoms with E-state index in [4.69, 9.17) is 19.4 Å². The lowest BCUT2D eigenvalue weighted by molar-refractivity contribution is -0.185. The molecule has 1 saturated heterocycles. The maximum Gasteiger partial charge on any atom is 0.471 e. The minimum atomic E-state index is -4.93. The molecule has 9 nitrogen and oxygen atoms in total. The maximum absolute atomic E-state index is 14.8. The van der Waals surface area contributed by atoms with Gasteiger partial charge in [-0.2, -0.15) is 26.3 Å². The smallest absolute Gasteiger partial charge is 0.384 e. The molecule has 6 rings (SSSR count). The molecule has 2 aromatic heterocycles. The topological polar surface area (TPSA) is 76.0 Å². The second kappa shape index (κ2) is 16.0. The van der Waals surface area contributed by atoms with E-state index in [1.54, 1.807) is 17.7 Å². The molecule has 56 heavy (non-hydrogen) atoms. The van der Waals surface area contributed by atoms with Crippen molar-refractivity contribution in [1.82, 2.24) is 19.4 Å². The van der Waals surface area contributed by atoms with Crippen molar-refractivity contribution >= 4 is 36.5 Å². The molecule has 0 N–H and O–H groups in total. The molecule has 4 aromatic rings. The van der Waals surface area contributed by atoms with Gasteiger partial charge < -0.3 is 24.2 Å². The van der Waals surface area contributed by atoms with Crippen molar-refractivity contribution in [1.29, 1.82) is 0 Å². The SMILES string of the molecule is COCC1(CN(C)c2cc(-c3cc(F)cc(C(F)(F)F)c3)nc3c2nc(-c2ccc(N4CCN(C(=O)C(F)(F)F)CC4)cc2)n3COCC[Si](C)(C)C)CCC1. The van der Waals surface area contributed by atoms with Crippen molar-refractivity contribution in [3.8, 4) is 22.6 Å². The molecule has 2 aliphatic rings. The van der Waals surface area contributed by atoms with Crippen LogP contribution in [-0.4, -0.2) is 99.7 Å². The number of pyridine rings is 1. The number of benzene rings is 2. The minimum absolute atomic E-state index is 0.0252. The first-order valence-corrected chi connectivity index (χ1v) is 22.3. The number of hydrogen-bond donors (Lipinski definition) is 0. The molecule has 304 valence electrons. The van der Waals surface area contributed by atoms with E-state index in [0.717, 1.165) is 48.0 Å². The van der Waals surface area contributed by atoms with Crippen LogP contribution in [0.5, 0.6) is 0 Å². The number of methoxy groups -OCH3 is 1. The summed E-state index contributed by atoms with van der Waals surface area (Å²) in [6, 6.07) is 12.2. The first-order valence-electron chi connectivity index (χ1n) is 18.6. The van der Waals surface area contributed by atoms with Gasteiger partial charge in [-0.25, -0.2) is 14.4 Å². The predicted octanol–water partition coefficient (Wildman–Crippen LogP) is 8.70. The average molecular weight is 809 g/mol. The number of anilines is 2. The quantitative estimate of drug-likeness (QED) is 0.0761. The van der Waals surface area contributed by atoms with E-state index in [0.29, 0.717) is 54.1 Å². The van der Waals surface area contributed by atoms with Crippen molar-refractivity contribution in [2.24, 2.45) is 5.41 Å². The highest BCUT2D eigenvalue weighted by Crippen LogP contribution is 2.44. The Labute approximate surface area is 322 Å². The molecule has 0 bridgehead atoms. The van der Waals surface area contributed by atoms with Gasteiger partial charge in [-0.3, -0.25) is 9.36 Å². The van der Waals surface area contributed by atoms with Crippen LogP contribution in [0, 0.1) is 11.2 Å². The second-order valence-electron chi connectivity index (χ2n) is 16.1. The fourth-order valence-corrected chi connectivity index (χ4v) is 8.14. The minimum Gasteiger partial charge on any atom is -0.384 e. The zero-order valence-electron chi connectivity index (χ0n) is 32.2. The summed E-state index contributed by atoms with van der Waals surface area (Å²) in [7, 11) is 2.07. The van der Waals surface area contributed by atoms with Crippen LogP contribution in [0.25, 0.3) is 33.8 Å². The largest absolute Gasteiger partial charge is 0.471 e. The van der Waals surface area contributed by atoms with Crippen LogP contribution in [0.2, 0.25) is 25.7 Å². The standard InChI is InChI=1S/C39H47F7N6O3Si/c1-49(23-37(24-54-2)11-6-12-37)32-22-31(27-19-28(38(41,42)43)21-29(40)20-27)47-35-33(32)48-34(52(35)25-55-17-18-56(3,4)5)26-7-9-30(10-8-26)50-13-15-51(16-14-50)36(53)39(44,45)46/h7-10,19-22H,6,11-18,23-25H2,1-5H3. The van der Waals surface area contributed by atoms with Gasteiger partial charge in [-0.05, 0) is 67.4 Å². The van der Waals surface area contributed by atoms with Gasteiger partial charge in [-0.15, -0.1) is 0 Å². The third-order valence-electron chi connectivity index (χ3n) is 10.6. The summed E-state index contributed by atoms with van der Waals surface area (Å²) in [5.41, 5.74) is 1.66. The van der Waals surface area contributed by atoms with Crippen LogP contribution >= 0.6 is 0 Å². The van der Waals surface area contributed by atoms with Gasteiger partial charge in [0.15, 0.2) is 5.65 Å². The Kier molecular flexibility index (Phi) is 11.8. The number of halogens is 7. The number of carbonyl (C=O) groups is 1. The number of fused-ring (bicyclic) bond motifs is 1. The lowest BCUT2D eigenvalue weighted by atomic mass is 9.69. The van der Waals surface area contributed by atoms with Gasteiger partial charge in [0.2, 0.25) is 0 Å². The van der Waals surface area contributed by atoms with Crippen molar-refractivity contribution in [2.75, 3.05) is 69.9 Å². The number of alkyl halides is 6. The summed E-state index contributed by atoms with van der Waals surface area (Å²) in [4.78, 5) is 26.4. The molecular formula is C39H47F7N6O3Si. The molecule has 0 radical (unpaired) electrons. The van der Waals surface area contributed by atoms with E-state index >= 15 is 0 Å². The number of hydrogen-bond acceptors (Lipinski definition) is 7. The van der Waals surface area contributed by atoms with Crippen molar-refractivity contribution in [2.45, 2.75) is 64.0 Å². The normalized spacial score (nSPS) is 16.4. The number of aromatic nitrogens is 3. The summed E-state index contributed by atoms with van der Waals surface area (Å²) in [5, 5.41) is 0. The van der Waals surface area contributed by atoms with Crippen molar-refractivity contribution in [3.63, 3.8) is 0 Å². The van der Waals surface area contributed by atoms with Gasteiger partial charge in [0.1, 0.15) is 23.9 Å². The van der Waals surface area contributed by atoms with Crippen LogP contribution in [-0.2, 0) is 27.2 Å². The zero-order chi connectivity index (χ0) is 40.6. The fraction of sp³-hybridized carbons (Fsp3) is 0.513. The average Bonchev–Trinajstić information content (AvgIpc) is 3.48. The summed E-state index contributed by atoms with van der Waals surface area (Å²) < 4.78 is 109. The van der Waals surface area contributed by atoms with Gasteiger partial charge in [-0.1, -0.05) is 26.1 Å². The third-order valence-corrected chi connectivity index (χ3v) is 12.3. The summed E-state index contributed by atoms with van der Waals surface area (Å²) in [6.07, 6.45) is -6.78. The van der Waals surface area contributed by atoms with E-state index in [2.05, 4.69) is 19.6 Å². The van der Waals surface area contributed by atoms with Crippen LogP contribution in [0.3, 0.4) is 0 Å². The lowest BCUT2D eigenvalue weighted by Crippen LogP contribution is -2.52. The van der Waals surface area contributed by atoms with Crippen LogP contribution in [0.15, 0.2) is 48.5 Å². The Bertz CT molecular complexity index is 2020. The third kappa shape index (κ3) is 9.31. The molecule has 3 heterocycles. The molecular weight excluding hydrogens is 762 g/mol. The predicted molar refractivity (Wildman–Crippen MR) is 204 cm³/mol. The zero-order valence-corrected chi connectivity index (χ0v) is 33.2. The number of rotatable bonds is 13. The van der Waals surface area contributed by atoms with E-state index in [1.165, 1.54) is 0 Å². The second-order valence-corrected chi connectivity index (χ2v) is 21.7. The Morgan fingerprint density at radius 2 is 1.61 bits per heavy atom. The highest BCUT2D eigenvalue weighted by atomic mass is 28.3. The Morgan fingerprint density at radius 1 is 0.929 bits per heavy atom. The molecule has 2 aromatic carbocycles. The van der Waals surface area contributed by atoms with Gasteiger partial charge in [0.05, 0.1) is 23.6 Å². The number of carbonyl (C=O) groups excluding carboxylic acids is 1. The number of ether oxygens (including phenoxy) is 2. The Morgan fingerprint density at radius 3 is 2.18 bits per heavy atom. The molecule has 0 spiro atoms. The molecule has 17 heteroatoms. The summed E-state index contributed by atoms with van der Waals surface area (Å²) in [5.74, 6) is -2.41. The monoisotopic (exact) mass is 808 g/mol. The Hall–Kier alpha value is -4.22.